The van der Waals surface area contributed by atoms with E-state index in [2.05, 4.69) is 19.9 Å². The molecule has 0 atom stereocenters. The van der Waals surface area contributed by atoms with Gasteiger partial charge in [0, 0.05) is 18.6 Å². The SMILES string of the molecule is O=Cc1ccc2ncccc2n1.c1cnc2cccnc2c1. The third-order valence-electron chi connectivity index (χ3n) is 2.97. The fraction of sp³-hybridized carbons (Fsp3) is 0. The van der Waals surface area contributed by atoms with Crippen LogP contribution in [0.2, 0.25) is 0 Å². The van der Waals surface area contributed by atoms with Gasteiger partial charge in [-0.2, -0.15) is 0 Å². The van der Waals surface area contributed by atoms with Crippen LogP contribution in [0, 0.1) is 0 Å². The Hall–Kier alpha value is -3.21. The van der Waals surface area contributed by atoms with Crippen molar-refractivity contribution in [3.8, 4) is 0 Å². The van der Waals surface area contributed by atoms with E-state index in [0.717, 1.165) is 28.4 Å². The quantitative estimate of drug-likeness (QED) is 0.503. The smallest absolute Gasteiger partial charge is 0.168 e. The molecule has 0 aliphatic heterocycles. The lowest BCUT2D eigenvalue weighted by Gasteiger charge is -1.94. The molecule has 0 radical (unpaired) electrons. The lowest BCUT2D eigenvalue weighted by Crippen LogP contribution is -1.87. The Morgan fingerprint density at radius 3 is 1.68 bits per heavy atom. The number of pyridine rings is 4. The summed E-state index contributed by atoms with van der Waals surface area (Å²) in [4.78, 5) is 26.7. The van der Waals surface area contributed by atoms with Crippen LogP contribution >= 0.6 is 0 Å². The molecule has 0 bridgehead atoms. The topological polar surface area (TPSA) is 68.6 Å². The van der Waals surface area contributed by atoms with Crippen LogP contribution in [0.5, 0.6) is 0 Å². The molecule has 106 valence electrons. The fourth-order valence-electron chi connectivity index (χ4n) is 1.94. The lowest BCUT2D eigenvalue weighted by molar-refractivity contribution is 0.111. The molecule has 0 spiro atoms. The van der Waals surface area contributed by atoms with Crippen LogP contribution in [0.25, 0.3) is 22.1 Å². The van der Waals surface area contributed by atoms with Gasteiger partial charge in [-0.1, -0.05) is 0 Å². The minimum absolute atomic E-state index is 0.440. The first-order valence-corrected chi connectivity index (χ1v) is 6.69. The minimum Gasteiger partial charge on any atom is -0.296 e. The van der Waals surface area contributed by atoms with Crippen LogP contribution < -0.4 is 0 Å². The Balaban J connectivity index is 0.000000133. The molecule has 0 fully saturated rings. The maximum Gasteiger partial charge on any atom is 0.168 e. The highest BCUT2D eigenvalue weighted by atomic mass is 16.1. The first-order valence-electron chi connectivity index (χ1n) is 6.69. The van der Waals surface area contributed by atoms with Gasteiger partial charge in [-0.15, -0.1) is 0 Å². The Kier molecular flexibility index (Phi) is 4.06. The highest BCUT2D eigenvalue weighted by molar-refractivity contribution is 5.80. The van der Waals surface area contributed by atoms with E-state index in [4.69, 9.17) is 0 Å². The summed E-state index contributed by atoms with van der Waals surface area (Å²) in [5, 5.41) is 0. The number of hydrogen-bond acceptors (Lipinski definition) is 5. The molecule has 5 nitrogen and oxygen atoms in total. The Labute approximate surface area is 126 Å². The molecular weight excluding hydrogens is 276 g/mol. The van der Waals surface area contributed by atoms with Crippen molar-refractivity contribution >= 4 is 28.4 Å². The average molecular weight is 288 g/mol. The maximum absolute atomic E-state index is 10.4. The van der Waals surface area contributed by atoms with Crippen molar-refractivity contribution in [1.82, 2.24) is 19.9 Å². The van der Waals surface area contributed by atoms with Crippen LogP contribution in [0.4, 0.5) is 0 Å². The second kappa shape index (κ2) is 6.49. The van der Waals surface area contributed by atoms with Crippen LogP contribution in [0.3, 0.4) is 0 Å². The zero-order valence-electron chi connectivity index (χ0n) is 11.6. The monoisotopic (exact) mass is 288 g/mol. The molecule has 0 aliphatic rings. The van der Waals surface area contributed by atoms with Gasteiger partial charge in [0.05, 0.1) is 22.1 Å². The van der Waals surface area contributed by atoms with Crippen molar-refractivity contribution in [3.63, 3.8) is 0 Å². The van der Waals surface area contributed by atoms with E-state index in [1.54, 1.807) is 36.8 Å². The normalized spacial score (nSPS) is 10.0. The standard InChI is InChI=1S/C9H6N2O.C8H6N2/c12-6-7-3-4-8-9(11-7)2-1-5-10-8;1-3-7-8(9-5-1)4-2-6-10-7/h1-6H;1-6H. The van der Waals surface area contributed by atoms with Gasteiger partial charge < -0.3 is 0 Å². The van der Waals surface area contributed by atoms with E-state index in [1.165, 1.54) is 0 Å². The number of hydrogen-bond donors (Lipinski definition) is 0. The molecule has 4 rings (SSSR count). The van der Waals surface area contributed by atoms with Crippen molar-refractivity contribution in [1.29, 1.82) is 0 Å². The van der Waals surface area contributed by atoms with Crippen LogP contribution in [-0.4, -0.2) is 26.2 Å². The number of fused-ring (bicyclic) bond motifs is 2. The van der Waals surface area contributed by atoms with E-state index in [1.807, 2.05) is 30.3 Å². The first kappa shape index (κ1) is 13.8. The average Bonchev–Trinajstić information content (AvgIpc) is 2.62. The Morgan fingerprint density at radius 2 is 1.14 bits per heavy atom. The molecule has 0 saturated carbocycles. The Bertz CT molecular complexity index is 859. The molecule has 0 N–H and O–H groups in total. The van der Waals surface area contributed by atoms with E-state index in [-0.39, 0.29) is 0 Å². The molecule has 4 heterocycles. The number of aromatic nitrogens is 4. The number of aldehydes is 1. The number of nitrogens with zero attached hydrogens (tertiary/aromatic N) is 4. The zero-order chi connectivity index (χ0) is 15.2. The van der Waals surface area contributed by atoms with E-state index in [0.29, 0.717) is 5.69 Å². The van der Waals surface area contributed by atoms with Crippen LogP contribution in [0.1, 0.15) is 10.5 Å². The zero-order valence-corrected chi connectivity index (χ0v) is 11.6. The van der Waals surface area contributed by atoms with Gasteiger partial charge in [0.1, 0.15) is 5.69 Å². The van der Waals surface area contributed by atoms with Crippen molar-refractivity contribution in [2.75, 3.05) is 0 Å². The van der Waals surface area contributed by atoms with Crippen LogP contribution in [0.15, 0.2) is 67.1 Å². The second-order valence-corrected chi connectivity index (χ2v) is 4.44. The van der Waals surface area contributed by atoms with Crippen molar-refractivity contribution in [2.24, 2.45) is 0 Å². The van der Waals surface area contributed by atoms with E-state index in [9.17, 15) is 4.79 Å². The predicted octanol–water partition coefficient (Wildman–Crippen LogP) is 3.07. The summed E-state index contributed by atoms with van der Waals surface area (Å²) >= 11 is 0. The lowest BCUT2D eigenvalue weighted by atomic mass is 10.3. The number of rotatable bonds is 1. The summed E-state index contributed by atoms with van der Waals surface area (Å²) in [6.45, 7) is 0. The van der Waals surface area contributed by atoms with Gasteiger partial charge in [-0.25, -0.2) is 4.98 Å². The van der Waals surface area contributed by atoms with Gasteiger partial charge in [0.2, 0.25) is 0 Å². The molecule has 0 saturated heterocycles. The molecule has 0 amide bonds. The largest absolute Gasteiger partial charge is 0.296 e. The Morgan fingerprint density at radius 1 is 0.636 bits per heavy atom. The summed E-state index contributed by atoms with van der Waals surface area (Å²) in [5.74, 6) is 0. The van der Waals surface area contributed by atoms with Crippen molar-refractivity contribution in [3.05, 3.63) is 72.8 Å². The maximum atomic E-state index is 10.4. The van der Waals surface area contributed by atoms with Gasteiger partial charge in [-0.3, -0.25) is 19.7 Å². The molecule has 22 heavy (non-hydrogen) atoms. The summed E-state index contributed by atoms with van der Waals surface area (Å²) in [7, 11) is 0. The molecule has 5 heteroatoms. The first-order chi connectivity index (χ1) is 10.9. The summed E-state index contributed by atoms with van der Waals surface area (Å²) in [5.41, 5.74) is 3.90. The van der Waals surface area contributed by atoms with Crippen molar-refractivity contribution < 1.29 is 4.79 Å². The highest BCUT2D eigenvalue weighted by Crippen LogP contribution is 2.07. The van der Waals surface area contributed by atoms with Crippen molar-refractivity contribution in [2.45, 2.75) is 0 Å². The summed E-state index contributed by atoms with van der Waals surface area (Å²) in [6.07, 6.45) is 5.96. The van der Waals surface area contributed by atoms with Gasteiger partial charge in [0.15, 0.2) is 6.29 Å². The highest BCUT2D eigenvalue weighted by Gasteiger charge is 1.95. The van der Waals surface area contributed by atoms with E-state index < -0.39 is 0 Å². The van der Waals surface area contributed by atoms with Gasteiger partial charge in [-0.05, 0) is 48.5 Å². The van der Waals surface area contributed by atoms with Crippen LogP contribution in [-0.2, 0) is 0 Å². The summed E-state index contributed by atoms with van der Waals surface area (Å²) < 4.78 is 0. The van der Waals surface area contributed by atoms with Gasteiger partial charge >= 0.3 is 0 Å². The molecule has 0 unspecified atom stereocenters. The third-order valence-corrected chi connectivity index (χ3v) is 2.97. The third kappa shape index (κ3) is 3.09. The molecular formula is C17H12N4O. The molecule has 4 aromatic rings. The minimum atomic E-state index is 0.440. The summed E-state index contributed by atoms with van der Waals surface area (Å²) in [6, 6.07) is 14.7. The van der Waals surface area contributed by atoms with Gasteiger partial charge in [0.25, 0.3) is 0 Å². The molecule has 0 aromatic carbocycles. The molecule has 4 aromatic heterocycles. The number of carbonyl (C=O) groups excluding carboxylic acids is 1. The number of carbonyl (C=O) groups is 1. The molecule has 0 aliphatic carbocycles. The second-order valence-electron chi connectivity index (χ2n) is 4.44. The predicted molar refractivity (Wildman–Crippen MR) is 84.5 cm³/mol. The fourth-order valence-corrected chi connectivity index (χ4v) is 1.94. The van der Waals surface area contributed by atoms with E-state index >= 15 is 0 Å².